The highest BCUT2D eigenvalue weighted by Gasteiger charge is 2.53. The van der Waals surface area contributed by atoms with Crippen LogP contribution in [0.15, 0.2) is 40.1 Å². The molecule has 22 heteroatoms. The Labute approximate surface area is 300 Å². The lowest BCUT2D eigenvalue weighted by Crippen LogP contribution is -2.71. The zero-order valence-electron chi connectivity index (χ0n) is 26.5. The number of phenols is 2. The summed E-state index contributed by atoms with van der Waals surface area (Å²) in [5.74, 6) is -5.84. The molecule has 268 valence electrons. The van der Waals surface area contributed by atoms with E-state index in [4.69, 9.17) is 22.2 Å². The van der Waals surface area contributed by atoms with Gasteiger partial charge in [-0.3, -0.25) is 19.3 Å². The first-order valence-corrected chi connectivity index (χ1v) is 17.2. The maximum absolute atomic E-state index is 13.4. The molecule has 0 aliphatic carbocycles. The first kappa shape index (κ1) is 35.3. The number of carbonyl (C=O) groups excluding carboxylic acids is 4. The van der Waals surface area contributed by atoms with E-state index in [2.05, 4.69) is 26.1 Å². The summed E-state index contributed by atoms with van der Waals surface area (Å²) in [5.41, 5.74) is 3.59. The number of carboxylic acid groups (broad SMARTS) is 2. The number of thiazole rings is 1. The molecule has 51 heavy (non-hydrogen) atoms. The first-order valence-electron chi connectivity index (χ1n) is 14.9. The number of phenolic OH excluding ortho intramolecular Hbond substituents is 2. The molecule has 0 unspecified atom stereocenters. The number of amides is 3. The number of halogens is 1. The van der Waals surface area contributed by atoms with Crippen LogP contribution in [-0.4, -0.2) is 94.6 Å². The van der Waals surface area contributed by atoms with Crippen molar-refractivity contribution in [3.05, 3.63) is 51.3 Å². The van der Waals surface area contributed by atoms with Crippen LogP contribution < -0.4 is 31.5 Å². The molecule has 8 N–H and O–H groups in total. The Morgan fingerprint density at radius 3 is 2.71 bits per heavy atom. The molecule has 3 aliphatic rings. The third-order valence-electron chi connectivity index (χ3n) is 8.05. The predicted octanol–water partition coefficient (Wildman–Crippen LogP) is -0.755. The van der Waals surface area contributed by atoms with Crippen molar-refractivity contribution in [2.24, 2.45) is 5.16 Å². The number of carbonyl (C=O) groups is 5. The van der Waals surface area contributed by atoms with Crippen molar-refractivity contribution >= 4 is 86.7 Å². The SMILES string of the molecule is CC(C)(O/N=C(\C(=O)N[C@@H]1C(=O)N2C(C(=O)[O-])=C(C[n+]3cc(NC(=O)c4ccc(O)c(O)c4Cl)c4n3CCN4)CS[C@H]12)c1csc(N)n1)C(=O)O. The number of nitrogen functional groups attached to an aromatic ring is 1. The molecule has 0 bridgehead atoms. The molecular weight excluding hydrogens is 734 g/mol. The molecule has 1 aromatic carbocycles. The van der Waals surface area contributed by atoms with Crippen LogP contribution in [0.4, 0.5) is 16.6 Å². The molecule has 1 fully saturated rings. The summed E-state index contributed by atoms with van der Waals surface area (Å²) in [5, 5.41) is 53.9. The second kappa shape index (κ2) is 13.3. The van der Waals surface area contributed by atoms with Crippen molar-refractivity contribution in [2.75, 3.05) is 28.7 Å². The van der Waals surface area contributed by atoms with Gasteiger partial charge in [-0.15, -0.1) is 32.5 Å². The fourth-order valence-corrected chi connectivity index (χ4v) is 7.52. The van der Waals surface area contributed by atoms with E-state index in [0.717, 1.165) is 22.3 Å². The molecule has 2 atom stereocenters. The van der Waals surface area contributed by atoms with E-state index in [1.54, 1.807) is 15.6 Å². The predicted molar refractivity (Wildman–Crippen MR) is 179 cm³/mol. The highest BCUT2D eigenvalue weighted by molar-refractivity contribution is 8.00. The molecule has 0 saturated carbocycles. The van der Waals surface area contributed by atoms with Gasteiger partial charge in [0.05, 0.1) is 28.8 Å². The summed E-state index contributed by atoms with van der Waals surface area (Å²) in [6.45, 7) is 3.36. The number of nitrogens with one attached hydrogen (secondary N) is 3. The van der Waals surface area contributed by atoms with E-state index < -0.39 is 63.9 Å². The summed E-state index contributed by atoms with van der Waals surface area (Å²) < 4.78 is 3.42. The van der Waals surface area contributed by atoms with Crippen LogP contribution in [0.3, 0.4) is 0 Å². The van der Waals surface area contributed by atoms with Crippen LogP contribution in [0.25, 0.3) is 0 Å². The van der Waals surface area contributed by atoms with Gasteiger partial charge in [-0.1, -0.05) is 16.8 Å². The van der Waals surface area contributed by atoms with Gasteiger partial charge in [0.1, 0.15) is 17.1 Å². The Morgan fingerprint density at radius 2 is 2.04 bits per heavy atom. The van der Waals surface area contributed by atoms with Crippen LogP contribution in [-0.2, 0) is 37.1 Å². The van der Waals surface area contributed by atoms with Crippen molar-refractivity contribution in [2.45, 2.75) is 44.0 Å². The maximum Gasteiger partial charge on any atom is 0.350 e. The summed E-state index contributed by atoms with van der Waals surface area (Å²) in [7, 11) is 0. The minimum Gasteiger partial charge on any atom is -0.543 e. The minimum atomic E-state index is -1.81. The normalized spacial score (nSPS) is 18.4. The molecule has 3 aromatic rings. The number of aromatic hydroxyl groups is 2. The Hall–Kier alpha value is -5.54. The van der Waals surface area contributed by atoms with Crippen molar-refractivity contribution in [3.8, 4) is 11.5 Å². The highest BCUT2D eigenvalue weighted by Crippen LogP contribution is 2.41. The van der Waals surface area contributed by atoms with Gasteiger partial charge in [0.2, 0.25) is 11.8 Å². The lowest BCUT2D eigenvalue weighted by Gasteiger charge is -2.50. The van der Waals surface area contributed by atoms with E-state index in [1.165, 1.54) is 37.1 Å². The summed E-state index contributed by atoms with van der Waals surface area (Å²) in [6.07, 6.45) is 1.56. The van der Waals surface area contributed by atoms with Crippen molar-refractivity contribution in [1.82, 2.24) is 19.9 Å². The number of hydrogen-bond donors (Lipinski definition) is 7. The molecule has 5 heterocycles. The maximum atomic E-state index is 13.4. The molecule has 1 saturated heterocycles. The van der Waals surface area contributed by atoms with Gasteiger partial charge in [-0.2, -0.15) is 0 Å². The molecule has 0 spiro atoms. The summed E-state index contributed by atoms with van der Waals surface area (Å²) >= 11 is 8.24. The number of carboxylic acids is 2. The molecular formula is C29H28ClN9O10S2. The van der Waals surface area contributed by atoms with E-state index in [0.29, 0.717) is 30.2 Å². The Kier molecular flexibility index (Phi) is 9.20. The Morgan fingerprint density at radius 1 is 1.29 bits per heavy atom. The number of fused-ring (bicyclic) bond motifs is 2. The lowest BCUT2D eigenvalue weighted by molar-refractivity contribution is -0.766. The van der Waals surface area contributed by atoms with Crippen LogP contribution in [0.2, 0.25) is 5.02 Å². The second-order valence-corrected chi connectivity index (χ2v) is 14.2. The van der Waals surface area contributed by atoms with Crippen LogP contribution in [0.1, 0.15) is 29.9 Å². The number of aliphatic carboxylic acids is 2. The zero-order chi connectivity index (χ0) is 36.9. The number of hydrogen-bond acceptors (Lipinski definition) is 15. The van der Waals surface area contributed by atoms with Gasteiger partial charge in [0, 0.05) is 23.3 Å². The van der Waals surface area contributed by atoms with Crippen molar-refractivity contribution in [1.29, 1.82) is 0 Å². The average molecular weight is 762 g/mol. The molecule has 3 amide bonds. The van der Waals surface area contributed by atoms with Crippen molar-refractivity contribution in [3.63, 3.8) is 0 Å². The van der Waals surface area contributed by atoms with Gasteiger partial charge in [0.25, 0.3) is 17.7 Å². The minimum absolute atomic E-state index is 0.0199. The van der Waals surface area contributed by atoms with E-state index >= 15 is 0 Å². The number of β-lactam (4-membered cyclic amide) rings is 1. The van der Waals surface area contributed by atoms with Gasteiger partial charge in [-0.25, -0.2) is 9.78 Å². The Balaban J connectivity index is 1.22. The number of nitrogens with two attached hydrogens (primary N) is 1. The van der Waals surface area contributed by atoms with Gasteiger partial charge < -0.3 is 51.7 Å². The molecule has 0 radical (unpaired) electrons. The number of aromatic nitrogens is 3. The molecule has 2 aromatic heterocycles. The smallest absolute Gasteiger partial charge is 0.350 e. The zero-order valence-corrected chi connectivity index (χ0v) is 28.9. The van der Waals surface area contributed by atoms with Crippen LogP contribution >= 0.6 is 34.7 Å². The number of anilines is 3. The highest BCUT2D eigenvalue weighted by atomic mass is 35.5. The van der Waals surface area contributed by atoms with Gasteiger partial charge >= 0.3 is 5.97 Å². The number of benzene rings is 1. The summed E-state index contributed by atoms with van der Waals surface area (Å²) in [6, 6.07) is 1.18. The molecule has 19 nitrogen and oxygen atoms in total. The number of nitrogens with zero attached hydrogens (tertiary/aromatic N) is 5. The second-order valence-electron chi connectivity index (χ2n) is 11.8. The van der Waals surface area contributed by atoms with Gasteiger partial charge in [0.15, 0.2) is 40.4 Å². The number of oxime groups is 1. The molecule has 3 aliphatic heterocycles. The standard InChI is InChI=1S/C29H28ClN9O10S2/c1-29(2,27(47)48)49-36-17(14-10-51-28(31)34-14)23(43)35-18-24(44)39-19(26(45)46)11(9-50-25(18)39)7-37-8-13(21-32-5-6-38(21)37)33-22(42)12-3-4-15(40)20(41)16(12)30/h3-4,8,10,18,25H,5-7,9H2,1-2H3,(H8,31,33,34,35,36,40,41,42,43,45,46,47,48)/t18-,25-/m1/s1. The number of thioether (sulfide) groups is 1. The quantitative estimate of drug-likeness (QED) is 0.0416. The third-order valence-corrected chi connectivity index (χ3v) is 10.4. The fourth-order valence-electron chi connectivity index (χ4n) is 5.39. The van der Waals surface area contributed by atoms with E-state index in [1.807, 2.05) is 0 Å². The fraction of sp³-hybridized carbons (Fsp3) is 0.310. The Bertz CT molecular complexity index is 2080. The largest absolute Gasteiger partial charge is 0.543 e. The first-order chi connectivity index (χ1) is 24.1. The average Bonchev–Trinajstić information content (AvgIpc) is 3.81. The summed E-state index contributed by atoms with van der Waals surface area (Å²) in [4.78, 5) is 74.0. The van der Waals surface area contributed by atoms with Crippen LogP contribution in [0.5, 0.6) is 11.5 Å². The molecule has 6 rings (SSSR count). The van der Waals surface area contributed by atoms with Crippen molar-refractivity contribution < 1.29 is 53.9 Å². The lowest BCUT2D eigenvalue weighted by atomic mass is 10.0. The van der Waals surface area contributed by atoms with Gasteiger partial charge in [-0.05, 0) is 26.0 Å². The monoisotopic (exact) mass is 761 g/mol. The number of rotatable bonds is 11. The van der Waals surface area contributed by atoms with E-state index in [9.17, 15) is 44.4 Å². The van der Waals surface area contributed by atoms with E-state index in [-0.39, 0.29) is 39.4 Å². The third kappa shape index (κ3) is 6.45. The van der Waals surface area contributed by atoms with Crippen LogP contribution in [0, 0.1) is 0 Å². The topological polar surface area (TPSA) is 278 Å².